The molecular formula is C20H20N4O2. The number of hydrogen-bond donors (Lipinski definition) is 2. The molecule has 6 heteroatoms. The molecule has 2 aromatic carbocycles. The van der Waals surface area contributed by atoms with E-state index in [2.05, 4.69) is 15.7 Å². The zero-order valence-corrected chi connectivity index (χ0v) is 14.6. The highest BCUT2D eigenvalue weighted by Crippen LogP contribution is 2.18. The number of nitrogens with one attached hydrogen (secondary N) is 2. The van der Waals surface area contributed by atoms with Crippen LogP contribution in [-0.4, -0.2) is 21.6 Å². The average Bonchev–Trinajstić information content (AvgIpc) is 3.16. The summed E-state index contributed by atoms with van der Waals surface area (Å²) in [7, 11) is 0. The zero-order valence-electron chi connectivity index (χ0n) is 14.6. The van der Waals surface area contributed by atoms with Crippen LogP contribution >= 0.6 is 0 Å². The molecule has 0 saturated carbocycles. The molecule has 6 nitrogen and oxygen atoms in total. The average molecular weight is 348 g/mol. The predicted molar refractivity (Wildman–Crippen MR) is 101 cm³/mol. The third-order valence-corrected chi connectivity index (χ3v) is 4.08. The second-order valence-electron chi connectivity index (χ2n) is 6.00. The van der Waals surface area contributed by atoms with Crippen molar-refractivity contribution in [3.63, 3.8) is 0 Å². The molecule has 1 heterocycles. The lowest BCUT2D eigenvalue weighted by Crippen LogP contribution is -2.24. The van der Waals surface area contributed by atoms with E-state index in [1.165, 1.54) is 0 Å². The zero-order chi connectivity index (χ0) is 18.5. The summed E-state index contributed by atoms with van der Waals surface area (Å²) in [5.41, 5.74) is 2.75. The number of aryl methyl sites for hydroxylation is 1. The van der Waals surface area contributed by atoms with Crippen molar-refractivity contribution < 1.29 is 9.59 Å². The van der Waals surface area contributed by atoms with Gasteiger partial charge in [-0.1, -0.05) is 24.3 Å². The van der Waals surface area contributed by atoms with Gasteiger partial charge in [0.25, 0.3) is 5.91 Å². The van der Waals surface area contributed by atoms with Crippen molar-refractivity contribution in [2.75, 3.05) is 10.6 Å². The van der Waals surface area contributed by atoms with Crippen LogP contribution in [0.15, 0.2) is 67.0 Å². The molecule has 3 rings (SSSR count). The van der Waals surface area contributed by atoms with Gasteiger partial charge in [0.05, 0.1) is 0 Å². The molecule has 0 aliphatic carbocycles. The summed E-state index contributed by atoms with van der Waals surface area (Å²) in [6.07, 6.45) is 3.37. The first-order chi connectivity index (χ1) is 12.5. The van der Waals surface area contributed by atoms with E-state index in [1.807, 2.05) is 25.1 Å². The van der Waals surface area contributed by atoms with Gasteiger partial charge in [-0.05, 0) is 49.7 Å². The normalized spacial score (nSPS) is 11.6. The number of nitrogens with zero attached hydrogens (tertiary/aromatic N) is 2. The fourth-order valence-electron chi connectivity index (χ4n) is 2.58. The van der Waals surface area contributed by atoms with Crippen molar-refractivity contribution in [2.45, 2.75) is 19.9 Å². The van der Waals surface area contributed by atoms with Crippen LogP contribution in [0.5, 0.6) is 0 Å². The first-order valence-electron chi connectivity index (χ1n) is 8.31. The van der Waals surface area contributed by atoms with Crippen molar-refractivity contribution >= 4 is 23.2 Å². The molecule has 0 unspecified atom stereocenters. The highest BCUT2D eigenvalue weighted by molar-refractivity contribution is 6.05. The molecule has 3 aromatic rings. The Labute approximate surface area is 151 Å². The van der Waals surface area contributed by atoms with Gasteiger partial charge in [0.1, 0.15) is 6.04 Å². The topological polar surface area (TPSA) is 76.0 Å². The summed E-state index contributed by atoms with van der Waals surface area (Å²) in [5, 5.41) is 9.78. The fourth-order valence-corrected chi connectivity index (χ4v) is 2.58. The lowest BCUT2D eigenvalue weighted by atomic mass is 10.1. The Morgan fingerprint density at radius 1 is 1.00 bits per heavy atom. The van der Waals surface area contributed by atoms with Crippen LogP contribution in [-0.2, 0) is 4.79 Å². The molecule has 0 spiro atoms. The SMILES string of the molecule is Cc1ccccc1C(=O)Nc1cccc(NC(=O)[C@H](C)n2cccn2)c1. The standard InChI is InChI=1S/C20H20N4O2/c1-14-7-3-4-10-18(14)20(26)23-17-9-5-8-16(13-17)22-19(25)15(2)24-12-6-11-21-24/h3-13,15H,1-2H3,(H,22,25)(H,23,26)/t15-/m0/s1. The number of amides is 2. The molecule has 0 aliphatic rings. The molecule has 26 heavy (non-hydrogen) atoms. The van der Waals surface area contributed by atoms with Crippen LogP contribution in [0.1, 0.15) is 28.9 Å². The quantitative estimate of drug-likeness (QED) is 0.739. The molecule has 1 aromatic heterocycles. The molecule has 0 saturated heterocycles. The number of carbonyl (C=O) groups excluding carboxylic acids is 2. The largest absolute Gasteiger partial charge is 0.324 e. The Hall–Kier alpha value is -3.41. The van der Waals surface area contributed by atoms with Gasteiger partial charge in [0.15, 0.2) is 0 Å². The first-order valence-corrected chi connectivity index (χ1v) is 8.31. The van der Waals surface area contributed by atoms with Crippen LogP contribution < -0.4 is 10.6 Å². The van der Waals surface area contributed by atoms with Crippen LogP contribution in [0, 0.1) is 6.92 Å². The van der Waals surface area contributed by atoms with Crippen LogP contribution in [0.25, 0.3) is 0 Å². The number of aromatic nitrogens is 2. The van der Waals surface area contributed by atoms with E-state index in [4.69, 9.17) is 0 Å². The number of benzene rings is 2. The maximum atomic E-state index is 12.4. The molecule has 0 fully saturated rings. The molecule has 0 radical (unpaired) electrons. The van der Waals surface area contributed by atoms with Gasteiger partial charge in [-0.2, -0.15) is 5.10 Å². The van der Waals surface area contributed by atoms with Gasteiger partial charge in [-0.25, -0.2) is 0 Å². The monoisotopic (exact) mass is 348 g/mol. The Bertz CT molecular complexity index is 919. The minimum atomic E-state index is -0.435. The lowest BCUT2D eigenvalue weighted by Gasteiger charge is -2.14. The highest BCUT2D eigenvalue weighted by atomic mass is 16.2. The van der Waals surface area contributed by atoms with Gasteiger partial charge in [-0.15, -0.1) is 0 Å². The Balaban J connectivity index is 1.69. The van der Waals surface area contributed by atoms with E-state index >= 15 is 0 Å². The molecule has 0 bridgehead atoms. The van der Waals surface area contributed by atoms with E-state index in [9.17, 15) is 9.59 Å². The van der Waals surface area contributed by atoms with Gasteiger partial charge in [0.2, 0.25) is 5.91 Å². The molecular weight excluding hydrogens is 328 g/mol. The van der Waals surface area contributed by atoms with E-state index in [0.717, 1.165) is 5.56 Å². The summed E-state index contributed by atoms with van der Waals surface area (Å²) in [6.45, 7) is 3.66. The minimum Gasteiger partial charge on any atom is -0.324 e. The predicted octanol–water partition coefficient (Wildman–Crippen LogP) is 3.64. The molecule has 132 valence electrons. The van der Waals surface area contributed by atoms with Crippen LogP contribution in [0.3, 0.4) is 0 Å². The molecule has 1 atom stereocenters. The molecule has 0 aliphatic heterocycles. The summed E-state index contributed by atoms with van der Waals surface area (Å²) >= 11 is 0. The summed E-state index contributed by atoms with van der Waals surface area (Å²) in [6, 6.07) is 15.8. The number of rotatable bonds is 5. The maximum Gasteiger partial charge on any atom is 0.255 e. The molecule has 2 N–H and O–H groups in total. The van der Waals surface area contributed by atoms with Crippen molar-refractivity contribution in [1.82, 2.24) is 9.78 Å². The lowest BCUT2D eigenvalue weighted by molar-refractivity contribution is -0.119. The van der Waals surface area contributed by atoms with Crippen molar-refractivity contribution in [1.29, 1.82) is 0 Å². The first kappa shape index (κ1) is 17.4. The third kappa shape index (κ3) is 3.97. The number of carbonyl (C=O) groups is 2. The summed E-state index contributed by atoms with van der Waals surface area (Å²) < 4.78 is 1.58. The van der Waals surface area contributed by atoms with E-state index < -0.39 is 6.04 Å². The smallest absolute Gasteiger partial charge is 0.255 e. The maximum absolute atomic E-state index is 12.4. The second-order valence-corrected chi connectivity index (χ2v) is 6.00. The van der Waals surface area contributed by atoms with Gasteiger partial charge in [-0.3, -0.25) is 14.3 Å². The van der Waals surface area contributed by atoms with Crippen LogP contribution in [0.4, 0.5) is 11.4 Å². The van der Waals surface area contributed by atoms with Crippen molar-refractivity contribution in [2.24, 2.45) is 0 Å². The summed E-state index contributed by atoms with van der Waals surface area (Å²) in [4.78, 5) is 24.8. The Morgan fingerprint density at radius 3 is 2.42 bits per heavy atom. The van der Waals surface area contributed by atoms with E-state index in [0.29, 0.717) is 16.9 Å². The van der Waals surface area contributed by atoms with Crippen molar-refractivity contribution in [3.8, 4) is 0 Å². The van der Waals surface area contributed by atoms with Gasteiger partial charge >= 0.3 is 0 Å². The second kappa shape index (κ2) is 7.65. The molecule has 2 amide bonds. The number of anilines is 2. The minimum absolute atomic E-state index is 0.184. The Morgan fingerprint density at radius 2 is 1.73 bits per heavy atom. The third-order valence-electron chi connectivity index (χ3n) is 4.08. The van der Waals surface area contributed by atoms with Crippen LogP contribution in [0.2, 0.25) is 0 Å². The summed E-state index contributed by atoms with van der Waals surface area (Å²) in [5.74, 6) is -0.368. The van der Waals surface area contributed by atoms with Gasteiger partial charge in [0, 0.05) is 29.3 Å². The van der Waals surface area contributed by atoms with E-state index in [1.54, 1.807) is 60.4 Å². The number of hydrogen-bond acceptors (Lipinski definition) is 3. The van der Waals surface area contributed by atoms with Gasteiger partial charge < -0.3 is 10.6 Å². The Kier molecular flexibility index (Phi) is 5.12. The fraction of sp³-hybridized carbons (Fsp3) is 0.150. The van der Waals surface area contributed by atoms with Crippen molar-refractivity contribution in [3.05, 3.63) is 78.1 Å². The van der Waals surface area contributed by atoms with E-state index in [-0.39, 0.29) is 11.8 Å². The highest BCUT2D eigenvalue weighted by Gasteiger charge is 2.15.